The van der Waals surface area contributed by atoms with Crippen molar-refractivity contribution in [3.05, 3.63) is 70.3 Å². The lowest BCUT2D eigenvalue weighted by Crippen LogP contribution is -2.31. The quantitative estimate of drug-likeness (QED) is 0.677. The van der Waals surface area contributed by atoms with Gasteiger partial charge in [-0.2, -0.15) is 0 Å². The molecule has 0 fully saturated rings. The van der Waals surface area contributed by atoms with E-state index in [4.69, 9.17) is 0 Å². The Bertz CT molecular complexity index is 796. The van der Waals surface area contributed by atoms with Gasteiger partial charge in [0, 0.05) is 11.1 Å². The summed E-state index contributed by atoms with van der Waals surface area (Å²) in [7, 11) is 1.24. The number of esters is 1. The van der Waals surface area contributed by atoms with Crippen molar-refractivity contribution in [3.8, 4) is 0 Å². The van der Waals surface area contributed by atoms with Crippen molar-refractivity contribution in [2.75, 3.05) is 13.7 Å². The molecule has 2 aromatic carbocycles. The molecule has 0 saturated carbocycles. The molecule has 0 aliphatic rings. The second-order valence-electron chi connectivity index (χ2n) is 5.43. The fourth-order valence-corrected chi connectivity index (χ4v) is 2.24. The molecule has 124 valence electrons. The summed E-state index contributed by atoms with van der Waals surface area (Å²) < 4.78 is 4.49. The Balaban J connectivity index is 2.30. The average molecular weight is 325 g/mol. The molecule has 2 rings (SSSR count). The number of benzene rings is 2. The number of ketones is 1. The first-order valence-corrected chi connectivity index (χ1v) is 7.50. The monoisotopic (exact) mass is 325 g/mol. The van der Waals surface area contributed by atoms with E-state index in [-0.39, 0.29) is 17.9 Å². The van der Waals surface area contributed by atoms with Gasteiger partial charge in [0.2, 0.25) is 0 Å². The first kappa shape index (κ1) is 17.4. The SMILES string of the molecule is COC(=O)CNC(=O)c1ccccc1C(=O)c1ccc(C)c(C)c1. The van der Waals surface area contributed by atoms with Gasteiger partial charge in [0.15, 0.2) is 5.78 Å². The standard InChI is InChI=1S/C19H19NO4/c1-12-8-9-14(10-13(12)2)18(22)15-6-4-5-7-16(15)19(23)20-11-17(21)24-3/h4-10H,11H2,1-3H3,(H,20,23). The number of carbonyl (C=O) groups excluding carboxylic acids is 3. The Hall–Kier alpha value is -2.95. The molecule has 0 aromatic heterocycles. The number of hydrogen-bond donors (Lipinski definition) is 1. The summed E-state index contributed by atoms with van der Waals surface area (Å²) >= 11 is 0. The summed E-state index contributed by atoms with van der Waals surface area (Å²) in [5, 5.41) is 2.45. The number of carbonyl (C=O) groups is 3. The summed E-state index contributed by atoms with van der Waals surface area (Å²) in [6.07, 6.45) is 0. The van der Waals surface area contributed by atoms with E-state index in [1.165, 1.54) is 7.11 Å². The number of rotatable bonds is 5. The molecule has 0 spiro atoms. The third kappa shape index (κ3) is 3.87. The Morgan fingerprint density at radius 1 is 0.958 bits per heavy atom. The number of nitrogens with one attached hydrogen (secondary N) is 1. The van der Waals surface area contributed by atoms with Crippen LogP contribution in [-0.4, -0.2) is 31.3 Å². The predicted octanol–water partition coefficient (Wildman–Crippen LogP) is 2.44. The van der Waals surface area contributed by atoms with Crippen molar-refractivity contribution in [1.29, 1.82) is 0 Å². The molecule has 2 aromatic rings. The van der Waals surface area contributed by atoms with Crippen LogP contribution in [0.25, 0.3) is 0 Å². The van der Waals surface area contributed by atoms with Crippen LogP contribution >= 0.6 is 0 Å². The summed E-state index contributed by atoms with van der Waals surface area (Å²) in [6.45, 7) is 3.65. The maximum absolute atomic E-state index is 12.8. The zero-order valence-electron chi connectivity index (χ0n) is 13.9. The summed E-state index contributed by atoms with van der Waals surface area (Å²) in [5.41, 5.74) is 3.14. The zero-order chi connectivity index (χ0) is 17.7. The molecule has 0 atom stereocenters. The molecule has 0 aliphatic heterocycles. The number of methoxy groups -OCH3 is 1. The summed E-state index contributed by atoms with van der Waals surface area (Å²) in [5.74, 6) is -1.28. The topological polar surface area (TPSA) is 72.5 Å². The summed E-state index contributed by atoms with van der Waals surface area (Å²) in [4.78, 5) is 36.2. The highest BCUT2D eigenvalue weighted by atomic mass is 16.5. The molecule has 24 heavy (non-hydrogen) atoms. The van der Waals surface area contributed by atoms with Crippen molar-refractivity contribution in [2.24, 2.45) is 0 Å². The number of amides is 1. The van der Waals surface area contributed by atoms with Gasteiger partial charge in [0.05, 0.1) is 12.7 Å². The van der Waals surface area contributed by atoms with Crippen LogP contribution in [0.5, 0.6) is 0 Å². The first-order valence-electron chi connectivity index (χ1n) is 7.50. The predicted molar refractivity (Wildman–Crippen MR) is 90.1 cm³/mol. The molecule has 1 amide bonds. The second-order valence-corrected chi connectivity index (χ2v) is 5.43. The Morgan fingerprint density at radius 2 is 1.62 bits per heavy atom. The molecule has 0 bridgehead atoms. The highest BCUT2D eigenvalue weighted by Crippen LogP contribution is 2.17. The smallest absolute Gasteiger partial charge is 0.325 e. The van der Waals surface area contributed by atoms with E-state index in [2.05, 4.69) is 10.1 Å². The minimum atomic E-state index is -0.554. The lowest BCUT2D eigenvalue weighted by atomic mass is 9.95. The number of hydrogen-bond acceptors (Lipinski definition) is 4. The molecule has 0 heterocycles. The van der Waals surface area contributed by atoms with Crippen LogP contribution in [0.2, 0.25) is 0 Å². The maximum Gasteiger partial charge on any atom is 0.325 e. The molecule has 5 nitrogen and oxygen atoms in total. The molecular formula is C19H19NO4. The molecule has 5 heteroatoms. The van der Waals surface area contributed by atoms with Crippen LogP contribution in [0.4, 0.5) is 0 Å². The van der Waals surface area contributed by atoms with Gasteiger partial charge in [-0.25, -0.2) is 0 Å². The van der Waals surface area contributed by atoms with Gasteiger partial charge in [0.25, 0.3) is 5.91 Å². The highest BCUT2D eigenvalue weighted by Gasteiger charge is 2.18. The maximum atomic E-state index is 12.8. The minimum absolute atomic E-state index is 0.227. The van der Waals surface area contributed by atoms with Crippen LogP contribution in [0.15, 0.2) is 42.5 Å². The summed E-state index contributed by atoms with van der Waals surface area (Å²) in [6, 6.07) is 12.0. The van der Waals surface area contributed by atoms with Gasteiger partial charge in [-0.1, -0.05) is 30.3 Å². The van der Waals surface area contributed by atoms with Gasteiger partial charge in [-0.05, 0) is 37.1 Å². The van der Waals surface area contributed by atoms with Crippen molar-refractivity contribution in [2.45, 2.75) is 13.8 Å². The largest absolute Gasteiger partial charge is 0.468 e. The molecule has 0 radical (unpaired) electrons. The zero-order valence-corrected chi connectivity index (χ0v) is 13.9. The van der Waals surface area contributed by atoms with E-state index in [1.807, 2.05) is 19.9 Å². The minimum Gasteiger partial charge on any atom is -0.468 e. The normalized spacial score (nSPS) is 10.1. The fraction of sp³-hybridized carbons (Fsp3) is 0.211. The van der Waals surface area contributed by atoms with Crippen molar-refractivity contribution >= 4 is 17.7 Å². The van der Waals surface area contributed by atoms with Crippen LogP contribution in [0.3, 0.4) is 0 Å². The van der Waals surface area contributed by atoms with E-state index < -0.39 is 11.9 Å². The van der Waals surface area contributed by atoms with Crippen molar-refractivity contribution in [1.82, 2.24) is 5.32 Å². The highest BCUT2D eigenvalue weighted by molar-refractivity contribution is 6.15. The van der Waals surface area contributed by atoms with Crippen LogP contribution in [0.1, 0.15) is 37.4 Å². The lowest BCUT2D eigenvalue weighted by Gasteiger charge is -2.10. The molecular weight excluding hydrogens is 306 g/mol. The lowest BCUT2D eigenvalue weighted by molar-refractivity contribution is -0.139. The van der Waals surface area contributed by atoms with Gasteiger partial charge < -0.3 is 10.1 Å². The second kappa shape index (κ2) is 7.55. The number of ether oxygens (including phenoxy) is 1. The van der Waals surface area contributed by atoms with Crippen molar-refractivity contribution < 1.29 is 19.1 Å². The molecule has 1 N–H and O–H groups in total. The fourth-order valence-electron chi connectivity index (χ4n) is 2.24. The van der Waals surface area contributed by atoms with E-state index in [0.29, 0.717) is 11.1 Å². The third-order valence-corrected chi connectivity index (χ3v) is 3.81. The first-order chi connectivity index (χ1) is 11.4. The van der Waals surface area contributed by atoms with Crippen molar-refractivity contribution in [3.63, 3.8) is 0 Å². The Labute approximate surface area is 140 Å². The Kier molecular flexibility index (Phi) is 5.47. The van der Waals surface area contributed by atoms with Gasteiger partial charge in [-0.15, -0.1) is 0 Å². The third-order valence-electron chi connectivity index (χ3n) is 3.81. The van der Waals surface area contributed by atoms with Crippen LogP contribution in [-0.2, 0) is 9.53 Å². The van der Waals surface area contributed by atoms with Gasteiger partial charge in [-0.3, -0.25) is 14.4 Å². The van der Waals surface area contributed by atoms with Gasteiger partial charge >= 0.3 is 5.97 Å². The molecule has 0 unspecified atom stereocenters. The van der Waals surface area contributed by atoms with E-state index in [0.717, 1.165) is 11.1 Å². The van der Waals surface area contributed by atoms with Crippen LogP contribution in [0, 0.1) is 13.8 Å². The van der Waals surface area contributed by atoms with Crippen LogP contribution < -0.4 is 5.32 Å². The number of aryl methyl sites for hydroxylation is 2. The Morgan fingerprint density at radius 3 is 2.25 bits per heavy atom. The van der Waals surface area contributed by atoms with Gasteiger partial charge in [0.1, 0.15) is 6.54 Å². The average Bonchev–Trinajstić information content (AvgIpc) is 2.61. The molecule has 0 aliphatic carbocycles. The van der Waals surface area contributed by atoms with E-state index >= 15 is 0 Å². The van der Waals surface area contributed by atoms with E-state index in [1.54, 1.807) is 36.4 Å². The van der Waals surface area contributed by atoms with E-state index in [9.17, 15) is 14.4 Å². The molecule has 0 saturated heterocycles.